The lowest BCUT2D eigenvalue weighted by molar-refractivity contribution is 0.793. The summed E-state index contributed by atoms with van der Waals surface area (Å²) in [6, 6.07) is 1.36. The van der Waals surface area contributed by atoms with Gasteiger partial charge < -0.3 is 0 Å². The predicted molar refractivity (Wildman–Crippen MR) is 44.3 cm³/mol. The fraction of sp³-hybridized carbons (Fsp3) is 0.167. The van der Waals surface area contributed by atoms with Crippen LogP contribution >= 0.6 is 11.9 Å². The van der Waals surface area contributed by atoms with Gasteiger partial charge in [0.1, 0.15) is 0 Å². The lowest BCUT2D eigenvalue weighted by Crippen LogP contribution is -2.17. The second kappa shape index (κ2) is 3.92. The Labute approximate surface area is 68.1 Å². The molecule has 4 nitrogen and oxygen atoms in total. The number of hydrogen-bond acceptors (Lipinski definition) is 4. The summed E-state index contributed by atoms with van der Waals surface area (Å²) < 4.78 is 1.22. The molecule has 0 unspecified atom stereocenters. The molecule has 0 radical (unpaired) electrons. The van der Waals surface area contributed by atoms with Crippen molar-refractivity contribution in [1.82, 2.24) is 14.4 Å². The van der Waals surface area contributed by atoms with E-state index < -0.39 is 0 Å². The molecule has 0 aliphatic heterocycles. The molecule has 1 aromatic rings. The van der Waals surface area contributed by atoms with Gasteiger partial charge in [-0.15, -0.1) is 15.8 Å². The minimum Gasteiger partial charge on any atom is -0.267 e. The first-order valence-corrected chi connectivity index (χ1v) is 3.94. The van der Waals surface area contributed by atoms with E-state index in [1.807, 2.05) is 0 Å². The van der Waals surface area contributed by atoms with Crippen LogP contribution in [0, 0.1) is 0 Å². The fourth-order valence-electron chi connectivity index (χ4n) is 0.494. The van der Waals surface area contributed by atoms with Gasteiger partial charge in [0.25, 0.3) is 5.56 Å². The van der Waals surface area contributed by atoms with E-state index in [4.69, 9.17) is 0 Å². The van der Waals surface area contributed by atoms with Crippen molar-refractivity contribution in [3.63, 3.8) is 0 Å². The smallest absolute Gasteiger partial charge is 0.267 e. The molecule has 1 rings (SSSR count). The third kappa shape index (κ3) is 2.19. The fourth-order valence-corrected chi connectivity index (χ4v) is 1.02. The quantitative estimate of drug-likeness (QED) is 0.611. The molecule has 11 heavy (non-hydrogen) atoms. The Kier molecular flexibility index (Phi) is 2.85. The summed E-state index contributed by atoms with van der Waals surface area (Å²) in [5.41, 5.74) is -0.160. The van der Waals surface area contributed by atoms with Crippen molar-refractivity contribution in [3.05, 3.63) is 35.3 Å². The molecule has 0 spiro atoms. The lowest BCUT2D eigenvalue weighted by Gasteiger charge is -1.95. The summed E-state index contributed by atoms with van der Waals surface area (Å²) in [5.74, 6) is 0.651. The van der Waals surface area contributed by atoms with Crippen LogP contribution < -0.4 is 5.56 Å². The van der Waals surface area contributed by atoms with E-state index in [1.165, 1.54) is 28.3 Å². The monoisotopic (exact) mass is 169 g/mol. The lowest BCUT2D eigenvalue weighted by atomic mass is 10.7. The predicted octanol–water partition coefficient (Wildman–Crippen LogP) is 0.321. The Morgan fingerprint density at radius 3 is 3.27 bits per heavy atom. The molecule has 0 N–H and O–H groups in total. The maximum atomic E-state index is 10.9. The molecule has 0 saturated heterocycles. The summed E-state index contributed by atoms with van der Waals surface area (Å²) >= 11 is 1.26. The molecule has 0 aliphatic rings. The molecule has 0 fully saturated rings. The second-order valence-electron chi connectivity index (χ2n) is 1.72. The summed E-state index contributed by atoms with van der Waals surface area (Å²) in [4.78, 5) is 10.9. The number of hydrogen-bond donors (Lipinski definition) is 0. The molecule has 0 aromatic carbocycles. The van der Waals surface area contributed by atoms with Gasteiger partial charge in [-0.25, -0.2) is 0 Å². The molecule has 58 valence electrons. The van der Waals surface area contributed by atoms with Crippen molar-refractivity contribution in [1.29, 1.82) is 0 Å². The Balaban J connectivity index is 2.78. The number of rotatable bonds is 3. The third-order valence-electron chi connectivity index (χ3n) is 0.920. The maximum absolute atomic E-state index is 10.9. The van der Waals surface area contributed by atoms with E-state index in [2.05, 4.69) is 16.9 Å². The topological polar surface area (TPSA) is 47.8 Å². The molecule has 0 atom stereocenters. The average Bonchev–Trinajstić information content (AvgIpc) is 2.03. The van der Waals surface area contributed by atoms with Crippen LogP contribution in [-0.2, 0) is 0 Å². The van der Waals surface area contributed by atoms with Crippen LogP contribution in [0.15, 0.2) is 29.7 Å². The van der Waals surface area contributed by atoms with E-state index in [9.17, 15) is 4.79 Å². The van der Waals surface area contributed by atoms with Crippen LogP contribution in [0.5, 0.6) is 0 Å². The van der Waals surface area contributed by atoms with Crippen LogP contribution in [0.25, 0.3) is 0 Å². The highest BCUT2D eigenvalue weighted by molar-refractivity contribution is 7.97. The standard InChI is InChI=1S/C6H7N3OS/c1-2-5-11-9-6(10)3-4-7-8-9/h2-4H,1,5H2. The van der Waals surface area contributed by atoms with E-state index in [0.717, 1.165) is 0 Å². The highest BCUT2D eigenvalue weighted by Crippen LogP contribution is 1.96. The zero-order chi connectivity index (χ0) is 8.10. The Morgan fingerprint density at radius 2 is 2.64 bits per heavy atom. The van der Waals surface area contributed by atoms with Crippen molar-refractivity contribution in [2.75, 3.05) is 5.75 Å². The van der Waals surface area contributed by atoms with Crippen molar-refractivity contribution < 1.29 is 0 Å². The molecule has 0 aliphatic carbocycles. The SMILES string of the molecule is C=CCSn1nnccc1=O. The molecule has 5 heteroatoms. The normalized spacial score (nSPS) is 9.45. The highest BCUT2D eigenvalue weighted by Gasteiger charge is 1.93. The maximum Gasteiger partial charge on any atom is 0.280 e. The van der Waals surface area contributed by atoms with Gasteiger partial charge in [-0.05, 0) is 11.9 Å². The number of nitrogens with zero attached hydrogens (tertiary/aromatic N) is 3. The first-order valence-electron chi connectivity index (χ1n) is 3.00. The summed E-state index contributed by atoms with van der Waals surface area (Å²) in [6.07, 6.45) is 3.07. The van der Waals surface area contributed by atoms with Gasteiger partial charge in [0.15, 0.2) is 0 Å². The summed E-state index contributed by atoms with van der Waals surface area (Å²) in [6.45, 7) is 3.52. The Bertz CT molecular complexity index is 296. The average molecular weight is 169 g/mol. The highest BCUT2D eigenvalue weighted by atomic mass is 32.2. The van der Waals surface area contributed by atoms with Crippen LogP contribution in [-0.4, -0.2) is 20.2 Å². The van der Waals surface area contributed by atoms with Gasteiger partial charge >= 0.3 is 0 Å². The van der Waals surface area contributed by atoms with E-state index >= 15 is 0 Å². The summed E-state index contributed by atoms with van der Waals surface area (Å²) in [7, 11) is 0. The zero-order valence-corrected chi connectivity index (χ0v) is 6.62. The van der Waals surface area contributed by atoms with E-state index in [0.29, 0.717) is 5.75 Å². The Morgan fingerprint density at radius 1 is 1.82 bits per heavy atom. The van der Waals surface area contributed by atoms with Crippen molar-refractivity contribution in [3.8, 4) is 0 Å². The largest absolute Gasteiger partial charge is 0.280 e. The van der Waals surface area contributed by atoms with Crippen molar-refractivity contribution >= 4 is 11.9 Å². The minimum absolute atomic E-state index is 0.160. The molecular formula is C6H7N3OS. The van der Waals surface area contributed by atoms with E-state index in [1.54, 1.807) is 6.08 Å². The second-order valence-corrected chi connectivity index (χ2v) is 2.65. The van der Waals surface area contributed by atoms with Crippen LogP contribution in [0.2, 0.25) is 0 Å². The van der Waals surface area contributed by atoms with Gasteiger partial charge in [-0.3, -0.25) is 4.79 Å². The first-order chi connectivity index (χ1) is 5.34. The molecule has 0 amide bonds. The van der Waals surface area contributed by atoms with Gasteiger partial charge in [-0.1, -0.05) is 11.3 Å². The van der Waals surface area contributed by atoms with Crippen molar-refractivity contribution in [2.45, 2.75) is 0 Å². The zero-order valence-electron chi connectivity index (χ0n) is 5.80. The van der Waals surface area contributed by atoms with Crippen LogP contribution in [0.3, 0.4) is 0 Å². The summed E-state index contributed by atoms with van der Waals surface area (Å²) in [5, 5.41) is 7.14. The molecule has 0 saturated carbocycles. The minimum atomic E-state index is -0.160. The van der Waals surface area contributed by atoms with Gasteiger partial charge in [0.2, 0.25) is 0 Å². The molecule has 0 bridgehead atoms. The number of aromatic nitrogens is 3. The van der Waals surface area contributed by atoms with Gasteiger partial charge in [-0.2, -0.15) is 0 Å². The van der Waals surface area contributed by atoms with Crippen LogP contribution in [0.1, 0.15) is 0 Å². The van der Waals surface area contributed by atoms with Crippen molar-refractivity contribution in [2.24, 2.45) is 0 Å². The van der Waals surface area contributed by atoms with Gasteiger partial charge in [0.05, 0.1) is 6.20 Å². The third-order valence-corrected chi connectivity index (χ3v) is 1.80. The first kappa shape index (κ1) is 8.00. The van der Waals surface area contributed by atoms with E-state index in [-0.39, 0.29) is 5.56 Å². The molecular weight excluding hydrogens is 162 g/mol. The van der Waals surface area contributed by atoms with Crippen LogP contribution in [0.4, 0.5) is 0 Å². The molecule has 1 heterocycles. The molecule has 1 aromatic heterocycles. The van der Waals surface area contributed by atoms with Gasteiger partial charge in [0, 0.05) is 11.8 Å². The Hall–Kier alpha value is -1.10.